The number of aromatic hydroxyl groups is 1. The van der Waals surface area contributed by atoms with Crippen LogP contribution in [-0.2, 0) is 16.8 Å². The highest BCUT2D eigenvalue weighted by Gasteiger charge is 2.48. The number of ether oxygens (including phenoxy) is 1. The zero-order valence-corrected chi connectivity index (χ0v) is 18.7. The summed E-state index contributed by atoms with van der Waals surface area (Å²) in [6.07, 6.45) is 6.47. The number of piperidine rings is 1. The molecule has 0 aromatic heterocycles. The Morgan fingerprint density at radius 1 is 1.09 bits per heavy atom. The van der Waals surface area contributed by atoms with Gasteiger partial charge in [-0.25, -0.2) is 4.79 Å². The van der Waals surface area contributed by atoms with E-state index in [4.69, 9.17) is 4.74 Å². The van der Waals surface area contributed by atoms with Crippen molar-refractivity contribution in [2.45, 2.75) is 56.6 Å². The molecular weight excluding hydrogens is 400 g/mol. The molecule has 3 unspecified atom stereocenters. The van der Waals surface area contributed by atoms with Crippen molar-refractivity contribution in [3.8, 4) is 5.75 Å². The Morgan fingerprint density at radius 3 is 2.72 bits per heavy atom. The van der Waals surface area contributed by atoms with Crippen molar-refractivity contribution < 1.29 is 14.6 Å². The van der Waals surface area contributed by atoms with E-state index >= 15 is 0 Å². The fourth-order valence-electron chi connectivity index (χ4n) is 5.92. The van der Waals surface area contributed by atoms with Crippen LogP contribution in [0, 0.1) is 11.8 Å². The van der Waals surface area contributed by atoms with Crippen LogP contribution in [0.25, 0.3) is 0 Å². The molecule has 2 N–H and O–H groups in total. The summed E-state index contributed by atoms with van der Waals surface area (Å²) in [6.45, 7) is 3.74. The smallest absolute Gasteiger partial charge is 0.407 e. The number of fused-ring (bicyclic) bond motifs is 1. The maximum absolute atomic E-state index is 12.5. The molecule has 1 heterocycles. The summed E-state index contributed by atoms with van der Waals surface area (Å²) >= 11 is 0. The van der Waals surface area contributed by atoms with Crippen LogP contribution in [0.1, 0.15) is 49.7 Å². The van der Waals surface area contributed by atoms with Gasteiger partial charge in [0, 0.05) is 24.5 Å². The summed E-state index contributed by atoms with van der Waals surface area (Å²) in [6, 6.07) is 17.7. The predicted molar refractivity (Wildman–Crippen MR) is 124 cm³/mol. The Morgan fingerprint density at radius 2 is 1.94 bits per heavy atom. The number of alkyl carbamates (subject to hydrolysis) is 1. The van der Waals surface area contributed by atoms with E-state index in [0.717, 1.165) is 50.3 Å². The van der Waals surface area contributed by atoms with Crippen LogP contribution in [0.15, 0.2) is 54.6 Å². The van der Waals surface area contributed by atoms with Gasteiger partial charge < -0.3 is 20.1 Å². The standard InChI is InChI=1S/C27H34N2O3/c30-25-8-4-7-22(15-25)27-13-14-29(17-20-9-10-20)18-23(27)11-12-24(16-27)28-26(31)32-19-21-5-2-1-3-6-21/h1-8,15,20,23-24,30H,9-14,16-19H2,(H,28,31). The first-order valence-corrected chi connectivity index (χ1v) is 12.1. The Bertz CT molecular complexity index is 930. The first-order valence-electron chi connectivity index (χ1n) is 12.1. The summed E-state index contributed by atoms with van der Waals surface area (Å²) < 4.78 is 5.49. The van der Waals surface area contributed by atoms with E-state index in [0.29, 0.717) is 11.7 Å². The molecular formula is C27H34N2O3. The van der Waals surface area contributed by atoms with E-state index in [1.807, 2.05) is 42.5 Å². The van der Waals surface area contributed by atoms with Gasteiger partial charge in [-0.3, -0.25) is 0 Å². The van der Waals surface area contributed by atoms with Crippen molar-refractivity contribution in [1.82, 2.24) is 10.2 Å². The van der Waals surface area contributed by atoms with Gasteiger partial charge in [-0.2, -0.15) is 0 Å². The van der Waals surface area contributed by atoms with Gasteiger partial charge in [0.15, 0.2) is 0 Å². The molecule has 0 radical (unpaired) electrons. The monoisotopic (exact) mass is 434 g/mol. The first-order chi connectivity index (χ1) is 15.6. The van der Waals surface area contributed by atoms with Crippen LogP contribution in [0.4, 0.5) is 4.79 Å². The second kappa shape index (κ2) is 9.14. The number of carbonyl (C=O) groups is 1. The highest BCUT2D eigenvalue weighted by atomic mass is 16.5. The number of nitrogens with one attached hydrogen (secondary N) is 1. The van der Waals surface area contributed by atoms with Gasteiger partial charge in [0.1, 0.15) is 12.4 Å². The minimum Gasteiger partial charge on any atom is -0.508 e. The van der Waals surface area contributed by atoms with Crippen LogP contribution >= 0.6 is 0 Å². The van der Waals surface area contributed by atoms with Gasteiger partial charge in [-0.15, -0.1) is 0 Å². The van der Waals surface area contributed by atoms with Crippen molar-refractivity contribution in [1.29, 1.82) is 0 Å². The summed E-state index contributed by atoms with van der Waals surface area (Å²) in [5.74, 6) is 1.78. The number of benzene rings is 2. The number of phenolic OH excluding ortho intramolecular Hbond substituents is 1. The zero-order valence-electron chi connectivity index (χ0n) is 18.7. The fraction of sp³-hybridized carbons (Fsp3) is 0.519. The lowest BCUT2D eigenvalue weighted by Gasteiger charge is -2.53. The molecule has 3 aliphatic rings. The van der Waals surface area contributed by atoms with Crippen molar-refractivity contribution in [3.63, 3.8) is 0 Å². The number of phenols is 1. The van der Waals surface area contributed by atoms with Crippen molar-refractivity contribution in [2.75, 3.05) is 19.6 Å². The third-order valence-electron chi connectivity index (χ3n) is 7.78. The average molecular weight is 435 g/mol. The third-order valence-corrected chi connectivity index (χ3v) is 7.78. The van der Waals surface area contributed by atoms with Gasteiger partial charge in [-0.1, -0.05) is 42.5 Å². The topological polar surface area (TPSA) is 61.8 Å². The van der Waals surface area contributed by atoms with Crippen molar-refractivity contribution in [2.24, 2.45) is 11.8 Å². The molecule has 2 aliphatic carbocycles. The summed E-state index contributed by atoms with van der Waals surface area (Å²) in [4.78, 5) is 15.2. The molecule has 170 valence electrons. The number of carbonyl (C=O) groups excluding carboxylic acids is 1. The summed E-state index contributed by atoms with van der Waals surface area (Å²) in [7, 11) is 0. The van der Waals surface area contributed by atoms with Crippen molar-refractivity contribution >= 4 is 6.09 Å². The van der Waals surface area contributed by atoms with Crippen LogP contribution in [0.3, 0.4) is 0 Å². The normalized spacial score (nSPS) is 28.0. The van der Waals surface area contributed by atoms with Gasteiger partial charge in [0.25, 0.3) is 0 Å². The van der Waals surface area contributed by atoms with E-state index in [-0.39, 0.29) is 24.2 Å². The third kappa shape index (κ3) is 4.78. The van der Waals surface area contributed by atoms with E-state index in [9.17, 15) is 9.90 Å². The molecule has 1 amide bonds. The van der Waals surface area contributed by atoms with Gasteiger partial charge in [0.2, 0.25) is 0 Å². The van der Waals surface area contributed by atoms with Crippen LogP contribution in [0.2, 0.25) is 0 Å². The van der Waals surface area contributed by atoms with Crippen LogP contribution < -0.4 is 5.32 Å². The summed E-state index contributed by atoms with van der Waals surface area (Å²) in [5.41, 5.74) is 2.21. The lowest BCUT2D eigenvalue weighted by atomic mass is 9.58. The number of hydrogen-bond acceptors (Lipinski definition) is 4. The molecule has 0 bridgehead atoms. The number of likely N-dealkylation sites (tertiary alicyclic amines) is 1. The van der Waals surface area contributed by atoms with Crippen molar-refractivity contribution in [3.05, 3.63) is 65.7 Å². The van der Waals surface area contributed by atoms with Crippen LogP contribution in [0.5, 0.6) is 5.75 Å². The molecule has 0 spiro atoms. The quantitative estimate of drug-likeness (QED) is 0.683. The van der Waals surface area contributed by atoms with E-state index < -0.39 is 0 Å². The molecule has 1 aliphatic heterocycles. The number of nitrogens with zero attached hydrogens (tertiary/aromatic N) is 1. The number of amides is 1. The molecule has 5 rings (SSSR count). The lowest BCUT2D eigenvalue weighted by Crippen LogP contribution is -2.56. The summed E-state index contributed by atoms with van der Waals surface area (Å²) in [5, 5.41) is 13.3. The molecule has 2 saturated carbocycles. The number of rotatable bonds is 6. The molecule has 2 aromatic carbocycles. The fourth-order valence-corrected chi connectivity index (χ4v) is 5.92. The van der Waals surface area contributed by atoms with E-state index in [1.54, 1.807) is 6.07 Å². The Labute approximate surface area is 190 Å². The van der Waals surface area contributed by atoms with E-state index in [1.165, 1.54) is 24.9 Å². The minimum atomic E-state index is -0.338. The second-order valence-corrected chi connectivity index (χ2v) is 10.0. The SMILES string of the molecule is O=C(NC1CCC2CN(CC3CC3)CCC2(c2cccc(O)c2)C1)OCc1ccccc1. The largest absolute Gasteiger partial charge is 0.508 e. The molecule has 3 atom stereocenters. The van der Waals surface area contributed by atoms with Gasteiger partial charge >= 0.3 is 6.09 Å². The Kier molecular flexibility index (Phi) is 6.09. The first kappa shape index (κ1) is 21.3. The Hall–Kier alpha value is -2.53. The van der Waals surface area contributed by atoms with Crippen LogP contribution in [-0.4, -0.2) is 41.8 Å². The van der Waals surface area contributed by atoms with E-state index in [2.05, 4.69) is 16.3 Å². The lowest BCUT2D eigenvalue weighted by molar-refractivity contribution is 0.0398. The van der Waals surface area contributed by atoms with Gasteiger partial charge in [-0.05, 0) is 80.2 Å². The highest BCUT2D eigenvalue weighted by Crippen LogP contribution is 2.50. The second-order valence-electron chi connectivity index (χ2n) is 10.0. The maximum atomic E-state index is 12.5. The number of hydrogen-bond donors (Lipinski definition) is 2. The maximum Gasteiger partial charge on any atom is 0.407 e. The molecule has 5 heteroatoms. The molecule has 3 fully saturated rings. The zero-order chi connectivity index (χ0) is 22.0. The molecule has 1 saturated heterocycles. The highest BCUT2D eigenvalue weighted by molar-refractivity contribution is 5.67. The Balaban J connectivity index is 1.27. The molecule has 5 nitrogen and oxygen atoms in total. The van der Waals surface area contributed by atoms with Gasteiger partial charge in [0.05, 0.1) is 0 Å². The predicted octanol–water partition coefficient (Wildman–Crippen LogP) is 4.84. The molecule has 2 aromatic rings. The minimum absolute atomic E-state index is 0.00554. The molecule has 32 heavy (non-hydrogen) atoms. The average Bonchev–Trinajstić information content (AvgIpc) is 3.62.